The molecule has 7 heteroatoms. The zero-order valence-corrected chi connectivity index (χ0v) is 10.1. The third-order valence-electron chi connectivity index (χ3n) is 2.53. The number of nitrogens with one attached hydrogen (secondary N) is 1. The second kappa shape index (κ2) is 5.29. The summed E-state index contributed by atoms with van der Waals surface area (Å²) in [6.45, 7) is 0. The number of hydrogen-bond donors (Lipinski definition) is 2. The summed E-state index contributed by atoms with van der Waals surface area (Å²) in [6.07, 6.45) is 1.03. The highest BCUT2D eigenvalue weighted by atomic mass is 19.1. The summed E-state index contributed by atoms with van der Waals surface area (Å²) in [5.74, 6) is 4.79. The molecule has 0 saturated heterocycles. The number of hydrazine groups is 1. The van der Waals surface area contributed by atoms with E-state index in [4.69, 9.17) is 11.1 Å². The summed E-state index contributed by atoms with van der Waals surface area (Å²) in [4.78, 5) is 9.12. The molecular weight excluding hydrogens is 247 g/mol. The molecule has 3 N–H and O–H groups in total. The van der Waals surface area contributed by atoms with Gasteiger partial charge in [0.05, 0.1) is 17.8 Å². The van der Waals surface area contributed by atoms with E-state index >= 15 is 0 Å². The molecule has 0 unspecified atom stereocenters. The molecule has 0 atom stereocenters. The fraction of sp³-hybridized carbons (Fsp3) is 0.0833. The van der Waals surface area contributed by atoms with Gasteiger partial charge in [0, 0.05) is 12.7 Å². The quantitative estimate of drug-likeness (QED) is 0.641. The maximum Gasteiger partial charge on any atom is 0.239 e. The third-order valence-corrected chi connectivity index (χ3v) is 2.53. The highest BCUT2D eigenvalue weighted by molar-refractivity contribution is 5.62. The number of anilines is 3. The number of hydrogen-bond acceptors (Lipinski definition) is 6. The van der Waals surface area contributed by atoms with Crippen molar-refractivity contribution in [3.05, 3.63) is 41.8 Å². The lowest BCUT2D eigenvalue weighted by molar-refractivity contribution is 0.614. The Labute approximate surface area is 109 Å². The summed E-state index contributed by atoms with van der Waals surface area (Å²) in [5, 5.41) is 8.86. The third kappa shape index (κ3) is 2.59. The molecule has 0 saturated carbocycles. The number of benzene rings is 1. The number of halogens is 1. The predicted octanol–water partition coefficient (Wildman–Crippen LogP) is 1.54. The second-order valence-corrected chi connectivity index (χ2v) is 3.73. The van der Waals surface area contributed by atoms with Crippen LogP contribution in [0.3, 0.4) is 0 Å². The van der Waals surface area contributed by atoms with Crippen molar-refractivity contribution in [2.24, 2.45) is 5.84 Å². The fourth-order valence-electron chi connectivity index (χ4n) is 1.57. The van der Waals surface area contributed by atoms with Crippen LogP contribution < -0.4 is 16.2 Å². The zero-order valence-electron chi connectivity index (χ0n) is 10.1. The average Bonchev–Trinajstić information content (AvgIpc) is 2.47. The van der Waals surface area contributed by atoms with Crippen LogP contribution in [0.5, 0.6) is 0 Å². The van der Waals surface area contributed by atoms with E-state index in [0.717, 1.165) is 6.20 Å². The van der Waals surface area contributed by atoms with Crippen LogP contribution in [0.4, 0.5) is 21.8 Å². The molecule has 96 valence electrons. The number of nitrogens with zero attached hydrogens (tertiary/aromatic N) is 4. The fourth-order valence-corrected chi connectivity index (χ4v) is 1.57. The molecule has 6 nitrogen and oxygen atoms in total. The first-order chi connectivity index (χ1) is 9.15. The summed E-state index contributed by atoms with van der Waals surface area (Å²) >= 11 is 0. The van der Waals surface area contributed by atoms with E-state index < -0.39 is 5.82 Å². The summed E-state index contributed by atoms with van der Waals surface area (Å²) in [5.41, 5.74) is 3.38. The second-order valence-electron chi connectivity index (χ2n) is 3.73. The molecule has 1 aromatic carbocycles. The summed E-state index contributed by atoms with van der Waals surface area (Å²) in [7, 11) is 1.64. The van der Waals surface area contributed by atoms with E-state index in [0.29, 0.717) is 11.3 Å². The lowest BCUT2D eigenvalue weighted by Gasteiger charge is -2.19. The first kappa shape index (κ1) is 12.7. The van der Waals surface area contributed by atoms with E-state index in [-0.39, 0.29) is 11.8 Å². The molecule has 0 spiro atoms. The Balaban J connectivity index is 2.43. The van der Waals surface area contributed by atoms with E-state index in [9.17, 15) is 4.39 Å². The van der Waals surface area contributed by atoms with Crippen molar-refractivity contribution < 1.29 is 4.39 Å². The molecule has 1 aromatic heterocycles. The normalized spacial score (nSPS) is 9.79. The van der Waals surface area contributed by atoms with Crippen molar-refractivity contribution in [1.29, 1.82) is 5.26 Å². The van der Waals surface area contributed by atoms with Gasteiger partial charge in [-0.3, -0.25) is 5.43 Å². The predicted molar refractivity (Wildman–Crippen MR) is 69.0 cm³/mol. The topological polar surface area (TPSA) is 90.9 Å². The van der Waals surface area contributed by atoms with Crippen LogP contribution in [-0.2, 0) is 0 Å². The Morgan fingerprint density at radius 2 is 2.26 bits per heavy atom. The van der Waals surface area contributed by atoms with Crippen LogP contribution >= 0.6 is 0 Å². The molecule has 0 fully saturated rings. The standard InChI is InChI=1S/C12H11FN6/c1-19(9-4-2-3-8(5-9)6-14)11-10(13)7-16-12(17-11)18-15/h2-5,7H,15H2,1H3,(H,16,17,18). The van der Waals surface area contributed by atoms with Gasteiger partial charge in [-0.25, -0.2) is 15.2 Å². The number of nitrogens with two attached hydrogens (primary N) is 1. The van der Waals surface area contributed by atoms with Crippen molar-refractivity contribution >= 4 is 17.5 Å². The molecule has 0 aliphatic rings. The molecular formula is C12H11FN6. The minimum atomic E-state index is -0.580. The molecule has 2 aromatic rings. The largest absolute Gasteiger partial charge is 0.327 e. The molecule has 0 radical (unpaired) electrons. The van der Waals surface area contributed by atoms with Crippen molar-refractivity contribution in [1.82, 2.24) is 9.97 Å². The lowest BCUT2D eigenvalue weighted by Crippen LogP contribution is -2.17. The van der Waals surface area contributed by atoms with Crippen LogP contribution in [-0.4, -0.2) is 17.0 Å². The van der Waals surface area contributed by atoms with Crippen molar-refractivity contribution in [3.63, 3.8) is 0 Å². The molecule has 0 amide bonds. The van der Waals surface area contributed by atoms with Gasteiger partial charge in [-0.05, 0) is 18.2 Å². The van der Waals surface area contributed by atoms with Gasteiger partial charge in [0.15, 0.2) is 11.6 Å². The molecule has 0 bridgehead atoms. The Bertz CT molecular complexity index is 636. The summed E-state index contributed by atoms with van der Waals surface area (Å²) < 4.78 is 13.7. The van der Waals surface area contributed by atoms with Gasteiger partial charge in [0.2, 0.25) is 5.95 Å². The molecule has 2 rings (SSSR count). The van der Waals surface area contributed by atoms with Crippen molar-refractivity contribution in [2.45, 2.75) is 0 Å². The van der Waals surface area contributed by atoms with Crippen LogP contribution in [0, 0.1) is 17.1 Å². The van der Waals surface area contributed by atoms with E-state index in [1.54, 1.807) is 31.3 Å². The summed E-state index contributed by atoms with van der Waals surface area (Å²) in [6, 6.07) is 8.79. The Hall–Kier alpha value is -2.72. The van der Waals surface area contributed by atoms with Crippen molar-refractivity contribution in [3.8, 4) is 6.07 Å². The number of nitrogen functional groups attached to an aromatic ring is 1. The minimum Gasteiger partial charge on any atom is -0.327 e. The van der Waals surface area contributed by atoms with Gasteiger partial charge in [-0.2, -0.15) is 10.2 Å². The van der Waals surface area contributed by atoms with Crippen LogP contribution in [0.25, 0.3) is 0 Å². The van der Waals surface area contributed by atoms with Gasteiger partial charge in [-0.15, -0.1) is 0 Å². The maximum absolute atomic E-state index is 13.7. The highest BCUT2D eigenvalue weighted by Gasteiger charge is 2.13. The highest BCUT2D eigenvalue weighted by Crippen LogP contribution is 2.25. The minimum absolute atomic E-state index is 0.0676. The van der Waals surface area contributed by atoms with E-state index in [1.165, 1.54) is 4.90 Å². The average molecular weight is 258 g/mol. The van der Waals surface area contributed by atoms with Gasteiger partial charge in [0.1, 0.15) is 0 Å². The number of rotatable bonds is 3. The van der Waals surface area contributed by atoms with Crippen LogP contribution in [0.15, 0.2) is 30.5 Å². The SMILES string of the molecule is CN(c1cccc(C#N)c1)c1nc(NN)ncc1F. The monoisotopic (exact) mass is 258 g/mol. The maximum atomic E-state index is 13.7. The zero-order chi connectivity index (χ0) is 13.8. The van der Waals surface area contributed by atoms with Crippen LogP contribution in [0.2, 0.25) is 0 Å². The van der Waals surface area contributed by atoms with Gasteiger partial charge in [0.25, 0.3) is 0 Å². The Morgan fingerprint density at radius 3 is 2.95 bits per heavy atom. The van der Waals surface area contributed by atoms with Gasteiger partial charge in [-0.1, -0.05) is 6.07 Å². The smallest absolute Gasteiger partial charge is 0.239 e. The molecule has 19 heavy (non-hydrogen) atoms. The van der Waals surface area contributed by atoms with Gasteiger partial charge < -0.3 is 4.90 Å². The molecule has 0 aliphatic heterocycles. The van der Waals surface area contributed by atoms with E-state index in [2.05, 4.69) is 15.4 Å². The van der Waals surface area contributed by atoms with Gasteiger partial charge >= 0.3 is 0 Å². The molecule has 0 aliphatic carbocycles. The van der Waals surface area contributed by atoms with Crippen LogP contribution in [0.1, 0.15) is 5.56 Å². The van der Waals surface area contributed by atoms with E-state index in [1.807, 2.05) is 6.07 Å². The first-order valence-corrected chi connectivity index (χ1v) is 5.38. The first-order valence-electron chi connectivity index (χ1n) is 5.38. The van der Waals surface area contributed by atoms with Crippen molar-refractivity contribution in [2.75, 3.05) is 17.4 Å². The Morgan fingerprint density at radius 1 is 1.47 bits per heavy atom. The number of aromatic nitrogens is 2. The Kier molecular flexibility index (Phi) is 3.54. The lowest BCUT2D eigenvalue weighted by atomic mass is 10.2. The number of nitriles is 1. The molecule has 1 heterocycles.